The summed E-state index contributed by atoms with van der Waals surface area (Å²) in [6.45, 7) is 6.68. The number of aryl methyl sites for hydroxylation is 2. The summed E-state index contributed by atoms with van der Waals surface area (Å²) >= 11 is 0. The van der Waals surface area contributed by atoms with Crippen molar-refractivity contribution in [2.75, 3.05) is 12.4 Å². The summed E-state index contributed by atoms with van der Waals surface area (Å²) in [6.07, 6.45) is 0. The minimum absolute atomic E-state index is 0.101. The van der Waals surface area contributed by atoms with E-state index in [2.05, 4.69) is 0 Å². The van der Waals surface area contributed by atoms with Gasteiger partial charge in [0.1, 0.15) is 5.88 Å². The van der Waals surface area contributed by atoms with Gasteiger partial charge in [0.15, 0.2) is 9.84 Å². The number of sulfone groups is 2. The van der Waals surface area contributed by atoms with E-state index in [9.17, 15) is 16.8 Å². The summed E-state index contributed by atoms with van der Waals surface area (Å²) < 4.78 is 51.1. The van der Waals surface area contributed by atoms with Gasteiger partial charge in [-0.05, 0) is 62.4 Å². The van der Waals surface area contributed by atoms with Crippen LogP contribution in [0, 0.1) is 13.8 Å². The Hall–Kier alpha value is -2.48. The molecule has 0 saturated carbocycles. The zero-order valence-electron chi connectivity index (χ0n) is 17.9. The van der Waals surface area contributed by atoms with Gasteiger partial charge < -0.3 is 0 Å². The third-order valence-corrected chi connectivity index (χ3v) is 8.63. The van der Waals surface area contributed by atoms with E-state index >= 15 is 0 Å². The van der Waals surface area contributed by atoms with Gasteiger partial charge in [-0.3, -0.25) is 4.90 Å². The summed E-state index contributed by atoms with van der Waals surface area (Å²) in [6, 6.07) is 20.2. The quantitative estimate of drug-likeness (QED) is 0.502. The molecule has 0 saturated heterocycles. The lowest BCUT2D eigenvalue weighted by Gasteiger charge is -2.20. The van der Waals surface area contributed by atoms with Crippen molar-refractivity contribution in [2.45, 2.75) is 42.0 Å². The lowest BCUT2D eigenvalue weighted by Crippen LogP contribution is -2.29. The molecule has 0 N–H and O–H groups in total. The highest BCUT2D eigenvalue weighted by Gasteiger charge is 2.20. The average molecular weight is 458 g/mol. The Kier molecular flexibility index (Phi) is 6.99. The third-order valence-electron chi connectivity index (χ3n) is 5.15. The molecule has 0 fully saturated rings. The van der Waals surface area contributed by atoms with Gasteiger partial charge in [0.2, 0.25) is 9.84 Å². The maximum absolute atomic E-state index is 12.8. The van der Waals surface area contributed by atoms with Gasteiger partial charge >= 0.3 is 0 Å². The first-order valence-electron chi connectivity index (χ1n) is 10.0. The highest BCUT2D eigenvalue weighted by molar-refractivity contribution is 7.91. The Bertz CT molecular complexity index is 1230. The first-order chi connectivity index (χ1) is 14.6. The van der Waals surface area contributed by atoms with Crippen LogP contribution in [0.5, 0.6) is 0 Å². The van der Waals surface area contributed by atoms with Crippen molar-refractivity contribution in [1.29, 1.82) is 0 Å². The van der Waals surface area contributed by atoms with Crippen LogP contribution in [-0.2, 0) is 26.2 Å². The van der Waals surface area contributed by atoms with Crippen LogP contribution in [0.1, 0.15) is 23.6 Å². The van der Waals surface area contributed by atoms with E-state index in [0.717, 1.165) is 16.7 Å². The second-order valence-corrected chi connectivity index (χ2v) is 11.6. The Morgan fingerprint density at radius 1 is 0.645 bits per heavy atom. The summed E-state index contributed by atoms with van der Waals surface area (Å²) in [5.41, 5.74) is 2.85. The second kappa shape index (κ2) is 9.34. The molecule has 7 heteroatoms. The number of hydrogen-bond acceptors (Lipinski definition) is 5. The Morgan fingerprint density at radius 3 is 1.52 bits per heavy atom. The zero-order chi connectivity index (χ0) is 22.6. The summed E-state index contributed by atoms with van der Waals surface area (Å²) in [5.74, 6) is -0.101. The normalized spacial score (nSPS) is 12.3. The van der Waals surface area contributed by atoms with Gasteiger partial charge in [-0.25, -0.2) is 16.8 Å². The largest absolute Gasteiger partial charge is 0.285 e. The van der Waals surface area contributed by atoms with E-state index in [1.165, 1.54) is 0 Å². The van der Waals surface area contributed by atoms with Crippen LogP contribution in [0.15, 0.2) is 87.5 Å². The maximum atomic E-state index is 12.8. The van der Waals surface area contributed by atoms with Crippen LogP contribution < -0.4 is 0 Å². The van der Waals surface area contributed by atoms with E-state index in [1.54, 1.807) is 72.8 Å². The van der Waals surface area contributed by atoms with Crippen molar-refractivity contribution in [2.24, 2.45) is 0 Å². The van der Waals surface area contributed by atoms with Crippen molar-refractivity contribution < 1.29 is 16.8 Å². The van der Waals surface area contributed by atoms with Crippen LogP contribution in [0.3, 0.4) is 0 Å². The molecule has 0 aromatic heterocycles. The number of nitrogens with zero attached hydrogens (tertiary/aromatic N) is 1. The van der Waals surface area contributed by atoms with Gasteiger partial charge in [-0.1, -0.05) is 54.4 Å². The topological polar surface area (TPSA) is 71.5 Å². The minimum Gasteiger partial charge on any atom is -0.285 e. The molecule has 0 aliphatic heterocycles. The highest BCUT2D eigenvalue weighted by Crippen LogP contribution is 2.22. The lowest BCUT2D eigenvalue weighted by molar-refractivity contribution is 0.322. The molecule has 3 rings (SSSR count). The number of benzene rings is 3. The number of rotatable bonds is 8. The molecule has 0 radical (unpaired) electrons. The standard InChI is InChI=1S/C24H27NO4S2/c1-4-25(18-30(26,27)22-11-5-19(2)6-12-22)17-21-9-15-24(16-10-21)31(28,29)23-13-7-20(3)8-14-23/h5-16H,4,17-18H2,1-3H3. The van der Waals surface area contributed by atoms with E-state index in [1.807, 2.05) is 25.7 Å². The first-order valence-corrected chi connectivity index (χ1v) is 13.2. The summed E-state index contributed by atoms with van der Waals surface area (Å²) in [7, 11) is -7.03. The molecule has 3 aromatic rings. The Morgan fingerprint density at radius 2 is 1.06 bits per heavy atom. The van der Waals surface area contributed by atoms with Crippen molar-refractivity contribution in [3.8, 4) is 0 Å². The van der Waals surface area contributed by atoms with Crippen molar-refractivity contribution in [1.82, 2.24) is 4.90 Å². The average Bonchev–Trinajstić information content (AvgIpc) is 2.74. The van der Waals surface area contributed by atoms with Gasteiger partial charge in [0.05, 0.1) is 14.7 Å². The van der Waals surface area contributed by atoms with Crippen molar-refractivity contribution in [3.05, 3.63) is 89.5 Å². The van der Waals surface area contributed by atoms with E-state index in [-0.39, 0.29) is 15.7 Å². The van der Waals surface area contributed by atoms with Crippen LogP contribution >= 0.6 is 0 Å². The predicted molar refractivity (Wildman–Crippen MR) is 122 cm³/mol. The molecule has 0 aliphatic rings. The molecular weight excluding hydrogens is 430 g/mol. The molecule has 0 heterocycles. The van der Waals surface area contributed by atoms with Crippen molar-refractivity contribution in [3.63, 3.8) is 0 Å². The molecule has 31 heavy (non-hydrogen) atoms. The fourth-order valence-electron chi connectivity index (χ4n) is 3.19. The summed E-state index contributed by atoms with van der Waals surface area (Å²) in [5, 5.41) is 0. The van der Waals surface area contributed by atoms with E-state index < -0.39 is 19.7 Å². The van der Waals surface area contributed by atoms with Gasteiger partial charge in [0.25, 0.3) is 0 Å². The Balaban J connectivity index is 1.74. The molecular formula is C24H27NO4S2. The van der Waals surface area contributed by atoms with Gasteiger partial charge in [0, 0.05) is 6.54 Å². The SMILES string of the molecule is CCN(Cc1ccc(S(=O)(=O)c2ccc(C)cc2)cc1)CS(=O)(=O)c1ccc(C)cc1. The lowest BCUT2D eigenvalue weighted by atomic mass is 10.2. The fourth-order valence-corrected chi connectivity index (χ4v) is 5.91. The van der Waals surface area contributed by atoms with Gasteiger partial charge in [-0.2, -0.15) is 0 Å². The molecule has 164 valence electrons. The third kappa shape index (κ3) is 5.61. The van der Waals surface area contributed by atoms with Gasteiger partial charge in [-0.15, -0.1) is 0 Å². The van der Waals surface area contributed by atoms with E-state index in [0.29, 0.717) is 18.0 Å². The molecule has 0 unspecified atom stereocenters. The highest BCUT2D eigenvalue weighted by atomic mass is 32.2. The monoisotopic (exact) mass is 457 g/mol. The second-order valence-electron chi connectivity index (χ2n) is 7.66. The Labute approximate surface area is 185 Å². The summed E-state index contributed by atoms with van der Waals surface area (Å²) in [4.78, 5) is 2.59. The zero-order valence-corrected chi connectivity index (χ0v) is 19.6. The molecule has 0 aliphatic carbocycles. The van der Waals surface area contributed by atoms with Crippen LogP contribution in [0.4, 0.5) is 0 Å². The molecule has 5 nitrogen and oxygen atoms in total. The minimum atomic E-state index is -3.58. The van der Waals surface area contributed by atoms with Crippen LogP contribution in [0.25, 0.3) is 0 Å². The maximum Gasteiger partial charge on any atom is 0.206 e. The molecule has 0 amide bonds. The number of hydrogen-bond donors (Lipinski definition) is 0. The molecule has 0 spiro atoms. The van der Waals surface area contributed by atoms with E-state index in [4.69, 9.17) is 0 Å². The van der Waals surface area contributed by atoms with Crippen LogP contribution in [-0.4, -0.2) is 34.2 Å². The molecule has 0 bridgehead atoms. The van der Waals surface area contributed by atoms with Crippen molar-refractivity contribution >= 4 is 19.7 Å². The first kappa shape index (κ1) is 23.2. The fraction of sp³-hybridized carbons (Fsp3) is 0.250. The van der Waals surface area contributed by atoms with Crippen LogP contribution in [0.2, 0.25) is 0 Å². The predicted octanol–water partition coefficient (Wildman–Crippen LogP) is 4.39. The molecule has 3 aromatic carbocycles. The molecule has 0 atom stereocenters. The smallest absolute Gasteiger partial charge is 0.206 e.